The molecule has 0 aliphatic heterocycles. The highest BCUT2D eigenvalue weighted by atomic mass is 19.4. The largest absolute Gasteiger partial charge is 0.437 e. The molecule has 174 valence electrons. The van der Waals surface area contributed by atoms with Gasteiger partial charge < -0.3 is 4.57 Å². The summed E-state index contributed by atoms with van der Waals surface area (Å²) in [6, 6.07) is 10.1. The van der Waals surface area contributed by atoms with Gasteiger partial charge in [-0.25, -0.2) is 4.98 Å². The summed E-state index contributed by atoms with van der Waals surface area (Å²) in [5, 5.41) is 9.05. The monoisotopic (exact) mass is 464 g/mol. The van der Waals surface area contributed by atoms with Gasteiger partial charge in [-0.15, -0.1) is 0 Å². The average molecular weight is 464 g/mol. The van der Waals surface area contributed by atoms with Crippen molar-refractivity contribution in [3.63, 3.8) is 0 Å². The lowest BCUT2D eigenvalue weighted by atomic mass is 9.81. The van der Waals surface area contributed by atoms with Gasteiger partial charge >= 0.3 is 6.18 Å². The van der Waals surface area contributed by atoms with Crippen molar-refractivity contribution in [2.24, 2.45) is 0 Å². The molecule has 4 aromatic rings. The maximum atomic E-state index is 13.2. The zero-order valence-electron chi connectivity index (χ0n) is 18.4. The van der Waals surface area contributed by atoms with E-state index in [1.165, 1.54) is 48.2 Å². The number of hydrogen-bond acceptors (Lipinski definition) is 4. The zero-order chi connectivity index (χ0) is 23.3. The Morgan fingerprint density at radius 1 is 1.00 bits per heavy atom. The first kappa shape index (κ1) is 21.1. The first-order chi connectivity index (χ1) is 16.5. The molecule has 1 atom stereocenters. The van der Waals surface area contributed by atoms with Crippen molar-refractivity contribution in [3.8, 4) is 22.6 Å². The number of aromatic nitrogens is 6. The van der Waals surface area contributed by atoms with Crippen LogP contribution >= 0.6 is 0 Å². The highest BCUT2D eigenvalue weighted by Crippen LogP contribution is 2.42. The number of nitrogens with one attached hydrogen (secondary N) is 1. The molecule has 0 spiro atoms. The predicted molar refractivity (Wildman–Crippen MR) is 120 cm³/mol. The van der Waals surface area contributed by atoms with Gasteiger partial charge in [0.05, 0.1) is 12.0 Å². The molecule has 1 saturated carbocycles. The van der Waals surface area contributed by atoms with E-state index in [4.69, 9.17) is 0 Å². The summed E-state index contributed by atoms with van der Waals surface area (Å²) in [6.07, 6.45) is 6.61. The lowest BCUT2D eigenvalue weighted by molar-refractivity contribution is -0.140. The van der Waals surface area contributed by atoms with Gasteiger partial charge in [-0.1, -0.05) is 18.2 Å². The minimum atomic E-state index is -4.59. The van der Waals surface area contributed by atoms with E-state index < -0.39 is 11.9 Å². The van der Waals surface area contributed by atoms with Crippen LogP contribution in [0.25, 0.3) is 22.6 Å². The van der Waals surface area contributed by atoms with E-state index in [9.17, 15) is 13.2 Å². The maximum absolute atomic E-state index is 13.2. The van der Waals surface area contributed by atoms with Crippen molar-refractivity contribution in [1.29, 1.82) is 0 Å². The van der Waals surface area contributed by atoms with E-state index in [0.717, 1.165) is 25.3 Å². The first-order valence-corrected chi connectivity index (χ1v) is 11.5. The van der Waals surface area contributed by atoms with Crippen molar-refractivity contribution >= 4 is 0 Å². The molecule has 1 aromatic carbocycles. The number of imidazole rings is 1. The van der Waals surface area contributed by atoms with Crippen LogP contribution in [-0.4, -0.2) is 29.9 Å². The molecule has 2 aliphatic carbocycles. The summed E-state index contributed by atoms with van der Waals surface area (Å²) in [5.74, 6) is 1.18. The minimum Gasteiger partial charge on any atom is -0.336 e. The van der Waals surface area contributed by atoms with E-state index >= 15 is 0 Å². The van der Waals surface area contributed by atoms with Crippen LogP contribution in [0.4, 0.5) is 13.2 Å². The fourth-order valence-corrected chi connectivity index (χ4v) is 4.99. The Morgan fingerprint density at radius 2 is 1.88 bits per heavy atom. The Kier molecular flexibility index (Phi) is 5.00. The van der Waals surface area contributed by atoms with Gasteiger partial charge in [-0.3, -0.25) is 4.98 Å². The van der Waals surface area contributed by atoms with E-state index in [2.05, 4.69) is 48.1 Å². The van der Waals surface area contributed by atoms with Crippen LogP contribution in [0.5, 0.6) is 0 Å². The van der Waals surface area contributed by atoms with Gasteiger partial charge in [0.2, 0.25) is 0 Å². The molecule has 6 rings (SSSR count). The normalized spacial score (nSPS) is 18.1. The number of hydrogen-bond donors (Lipinski definition) is 1. The van der Waals surface area contributed by atoms with E-state index in [-0.39, 0.29) is 11.3 Å². The van der Waals surface area contributed by atoms with Crippen molar-refractivity contribution in [2.45, 2.75) is 56.7 Å². The molecule has 6 nitrogen and oxygen atoms in total. The third kappa shape index (κ3) is 3.99. The number of alkyl halides is 3. The number of pyridine rings is 1. The Hall–Kier alpha value is -3.49. The van der Waals surface area contributed by atoms with Crippen molar-refractivity contribution in [3.05, 3.63) is 71.4 Å². The Labute approximate surface area is 194 Å². The number of aromatic amines is 1. The summed E-state index contributed by atoms with van der Waals surface area (Å²) >= 11 is 0. The molecule has 3 heterocycles. The number of rotatable bonds is 5. The second kappa shape index (κ2) is 8.07. The smallest absolute Gasteiger partial charge is 0.336 e. The van der Waals surface area contributed by atoms with Crippen molar-refractivity contribution in [1.82, 2.24) is 29.9 Å². The molecule has 1 N–H and O–H groups in total. The van der Waals surface area contributed by atoms with Crippen LogP contribution in [0.3, 0.4) is 0 Å². The highest BCUT2D eigenvalue weighted by molar-refractivity contribution is 5.67. The first-order valence-electron chi connectivity index (χ1n) is 11.5. The zero-order valence-corrected chi connectivity index (χ0v) is 18.4. The molecule has 0 amide bonds. The van der Waals surface area contributed by atoms with E-state index in [0.29, 0.717) is 17.3 Å². The summed E-state index contributed by atoms with van der Waals surface area (Å²) in [5.41, 5.74) is 4.48. The van der Waals surface area contributed by atoms with Crippen LogP contribution in [0.1, 0.15) is 59.9 Å². The average Bonchev–Trinajstić information content (AvgIpc) is 3.36. The SMILES string of the molecule is FC(F)(F)c1n[nH]nc1-c1ccnc(-c2cn(C[C@H]3CCCc4cc(C5CC5)ccc43)cn2)c1. The number of nitrogens with zero attached hydrogens (tertiary/aromatic N) is 5. The van der Waals surface area contributed by atoms with Crippen molar-refractivity contribution < 1.29 is 13.2 Å². The molecule has 0 bridgehead atoms. The minimum absolute atomic E-state index is 0.250. The number of aryl methyl sites for hydroxylation is 1. The molecule has 2 aliphatic rings. The molecule has 34 heavy (non-hydrogen) atoms. The standard InChI is InChI=1S/C25H23F3N6/c26-25(27,28)24-23(31-33-32-24)18-8-9-29-21(11-18)22-13-34(14-30-22)12-19-3-1-2-17-10-16(15-4-5-15)6-7-20(17)19/h6-11,13-15,19H,1-5,12H2,(H,31,32,33)/t19-/m1/s1. The second-order valence-corrected chi connectivity index (χ2v) is 9.23. The second-order valence-electron chi connectivity index (χ2n) is 9.23. The van der Waals surface area contributed by atoms with Crippen molar-refractivity contribution in [2.75, 3.05) is 0 Å². The van der Waals surface area contributed by atoms with Gasteiger partial charge in [-0.2, -0.15) is 28.6 Å². The third-order valence-electron chi connectivity index (χ3n) is 6.83. The number of H-pyrrole nitrogens is 1. The van der Waals surface area contributed by atoms with Gasteiger partial charge in [0.1, 0.15) is 11.4 Å². The highest BCUT2D eigenvalue weighted by Gasteiger charge is 2.38. The molecule has 0 radical (unpaired) electrons. The van der Waals surface area contributed by atoms with Crippen LogP contribution in [0.15, 0.2) is 49.1 Å². The van der Waals surface area contributed by atoms with Gasteiger partial charge in [0, 0.05) is 30.4 Å². The number of fused-ring (bicyclic) bond motifs is 1. The number of halogens is 3. The van der Waals surface area contributed by atoms with Crippen LogP contribution < -0.4 is 0 Å². The summed E-state index contributed by atoms with van der Waals surface area (Å²) < 4.78 is 41.8. The van der Waals surface area contributed by atoms with E-state index in [1.54, 1.807) is 12.4 Å². The van der Waals surface area contributed by atoms with Crippen LogP contribution in [0.2, 0.25) is 0 Å². The Balaban J connectivity index is 1.24. The molecular formula is C25H23F3N6. The lowest BCUT2D eigenvalue weighted by Crippen LogP contribution is -2.15. The predicted octanol–water partition coefficient (Wildman–Crippen LogP) is 5.75. The summed E-state index contributed by atoms with van der Waals surface area (Å²) in [4.78, 5) is 8.81. The number of benzene rings is 1. The molecule has 3 aromatic heterocycles. The maximum Gasteiger partial charge on any atom is 0.437 e. The molecule has 1 fully saturated rings. The van der Waals surface area contributed by atoms with E-state index in [1.807, 2.05) is 6.20 Å². The molecular weight excluding hydrogens is 441 g/mol. The van der Waals surface area contributed by atoms with Gasteiger partial charge in [0.15, 0.2) is 5.69 Å². The Morgan fingerprint density at radius 3 is 2.71 bits per heavy atom. The van der Waals surface area contributed by atoms with Crippen LogP contribution in [0, 0.1) is 0 Å². The molecule has 0 unspecified atom stereocenters. The fourth-order valence-electron chi connectivity index (χ4n) is 4.99. The molecule has 9 heteroatoms. The quantitative estimate of drug-likeness (QED) is 0.408. The topological polar surface area (TPSA) is 72.3 Å². The Bertz CT molecular complexity index is 1330. The van der Waals surface area contributed by atoms with Gasteiger partial charge in [-0.05, 0) is 66.8 Å². The third-order valence-corrected chi connectivity index (χ3v) is 6.83. The lowest BCUT2D eigenvalue weighted by Gasteiger charge is -2.26. The van der Waals surface area contributed by atoms with Crippen LogP contribution in [-0.2, 0) is 19.1 Å². The fraction of sp³-hybridized carbons (Fsp3) is 0.360. The molecule has 0 saturated heterocycles. The summed E-state index contributed by atoms with van der Waals surface area (Å²) in [7, 11) is 0. The van der Waals surface area contributed by atoms with Gasteiger partial charge in [0.25, 0.3) is 0 Å². The summed E-state index contributed by atoms with van der Waals surface area (Å²) in [6.45, 7) is 0.809.